The van der Waals surface area contributed by atoms with Crippen LogP contribution in [-0.4, -0.2) is 48.0 Å². The molecule has 0 radical (unpaired) electrons. The number of nitrogens with zero attached hydrogens (tertiary/aromatic N) is 2. The van der Waals surface area contributed by atoms with Crippen LogP contribution < -0.4 is 10.6 Å². The highest BCUT2D eigenvalue weighted by molar-refractivity contribution is 5.76. The van der Waals surface area contributed by atoms with E-state index in [-0.39, 0.29) is 18.0 Å². The lowest BCUT2D eigenvalue weighted by Gasteiger charge is -2.29. The van der Waals surface area contributed by atoms with Gasteiger partial charge in [0.1, 0.15) is 6.54 Å². The molecule has 1 unspecified atom stereocenters. The number of amides is 1. The Kier molecular flexibility index (Phi) is 5.33. The molecule has 1 amide bonds. The van der Waals surface area contributed by atoms with Gasteiger partial charge >= 0.3 is 0 Å². The SMILES string of the molecule is COCC1(NC(=O)Cn2ccc(C3CCCNC3)n2)CCCC1. The van der Waals surface area contributed by atoms with E-state index in [0.717, 1.165) is 44.5 Å². The zero-order chi connectivity index (χ0) is 16.1. The number of aromatic nitrogens is 2. The van der Waals surface area contributed by atoms with Crippen molar-refractivity contribution in [1.82, 2.24) is 20.4 Å². The van der Waals surface area contributed by atoms with E-state index in [1.807, 2.05) is 12.3 Å². The van der Waals surface area contributed by atoms with E-state index in [0.29, 0.717) is 12.5 Å². The lowest BCUT2D eigenvalue weighted by Crippen LogP contribution is -2.50. The summed E-state index contributed by atoms with van der Waals surface area (Å²) in [5, 5.41) is 11.2. The summed E-state index contributed by atoms with van der Waals surface area (Å²) in [4.78, 5) is 12.4. The van der Waals surface area contributed by atoms with Crippen molar-refractivity contribution in [3.8, 4) is 0 Å². The van der Waals surface area contributed by atoms with Crippen molar-refractivity contribution in [2.45, 2.75) is 56.5 Å². The highest BCUT2D eigenvalue weighted by Gasteiger charge is 2.35. The van der Waals surface area contributed by atoms with Crippen molar-refractivity contribution in [2.75, 3.05) is 26.8 Å². The summed E-state index contributed by atoms with van der Waals surface area (Å²) in [6.07, 6.45) is 8.61. The zero-order valence-electron chi connectivity index (χ0n) is 14.0. The Morgan fingerprint density at radius 2 is 2.30 bits per heavy atom. The molecular weight excluding hydrogens is 292 g/mol. The van der Waals surface area contributed by atoms with Crippen molar-refractivity contribution in [2.24, 2.45) is 0 Å². The highest BCUT2D eigenvalue weighted by atomic mass is 16.5. The molecule has 1 aromatic heterocycles. The first kappa shape index (κ1) is 16.5. The van der Waals surface area contributed by atoms with Gasteiger partial charge in [-0.15, -0.1) is 0 Å². The fraction of sp³-hybridized carbons (Fsp3) is 0.765. The van der Waals surface area contributed by atoms with Crippen LogP contribution in [0.2, 0.25) is 0 Å². The van der Waals surface area contributed by atoms with Crippen molar-refractivity contribution in [3.63, 3.8) is 0 Å². The Morgan fingerprint density at radius 3 is 3.00 bits per heavy atom. The third-order valence-corrected chi connectivity index (χ3v) is 5.07. The molecule has 23 heavy (non-hydrogen) atoms. The molecule has 0 aromatic carbocycles. The van der Waals surface area contributed by atoms with E-state index in [2.05, 4.69) is 15.7 Å². The molecule has 6 heteroatoms. The summed E-state index contributed by atoms with van der Waals surface area (Å²) >= 11 is 0. The van der Waals surface area contributed by atoms with Gasteiger partial charge in [-0.3, -0.25) is 9.48 Å². The second-order valence-electron chi connectivity index (χ2n) is 6.95. The maximum absolute atomic E-state index is 12.4. The van der Waals surface area contributed by atoms with Crippen LogP contribution in [0, 0.1) is 0 Å². The van der Waals surface area contributed by atoms with Crippen molar-refractivity contribution >= 4 is 5.91 Å². The largest absolute Gasteiger partial charge is 0.382 e. The van der Waals surface area contributed by atoms with Crippen molar-refractivity contribution < 1.29 is 9.53 Å². The molecule has 1 saturated heterocycles. The fourth-order valence-electron chi connectivity index (χ4n) is 3.90. The van der Waals surface area contributed by atoms with Crippen LogP contribution in [0.4, 0.5) is 0 Å². The van der Waals surface area contributed by atoms with Crippen LogP contribution >= 0.6 is 0 Å². The van der Waals surface area contributed by atoms with Crippen LogP contribution in [0.25, 0.3) is 0 Å². The van der Waals surface area contributed by atoms with Crippen molar-refractivity contribution in [1.29, 1.82) is 0 Å². The molecule has 1 aliphatic heterocycles. The Labute approximate surface area is 138 Å². The Hall–Kier alpha value is -1.40. The third-order valence-electron chi connectivity index (χ3n) is 5.07. The monoisotopic (exact) mass is 320 g/mol. The normalized spacial score (nSPS) is 23.8. The number of carbonyl (C=O) groups excluding carboxylic acids is 1. The first-order valence-electron chi connectivity index (χ1n) is 8.75. The third kappa shape index (κ3) is 4.12. The standard InChI is InChI=1S/C17H28N4O2/c1-23-13-17(7-2-3-8-17)19-16(22)12-21-10-6-15(20-21)14-5-4-9-18-11-14/h6,10,14,18H,2-5,7-9,11-13H2,1H3,(H,19,22). The van der Waals surface area contributed by atoms with Gasteiger partial charge in [-0.1, -0.05) is 12.8 Å². The van der Waals surface area contributed by atoms with Gasteiger partial charge in [0.05, 0.1) is 17.8 Å². The number of hydrogen-bond donors (Lipinski definition) is 2. The predicted molar refractivity (Wildman–Crippen MR) is 88.3 cm³/mol. The van der Waals surface area contributed by atoms with Crippen LogP contribution in [0.1, 0.15) is 50.1 Å². The van der Waals surface area contributed by atoms with Gasteiger partial charge in [0.15, 0.2) is 0 Å². The molecule has 2 aliphatic rings. The number of rotatable bonds is 6. The molecule has 2 N–H and O–H groups in total. The summed E-state index contributed by atoms with van der Waals surface area (Å²) in [5.41, 5.74) is 0.923. The molecule has 2 fully saturated rings. The fourth-order valence-corrected chi connectivity index (χ4v) is 3.90. The number of nitrogens with one attached hydrogen (secondary N) is 2. The molecule has 1 aliphatic carbocycles. The number of carbonyl (C=O) groups is 1. The van der Waals surface area contributed by atoms with E-state index in [1.165, 1.54) is 12.8 Å². The summed E-state index contributed by atoms with van der Waals surface area (Å²) in [5.74, 6) is 0.503. The Balaban J connectivity index is 1.56. The molecule has 0 spiro atoms. The van der Waals surface area contributed by atoms with Gasteiger partial charge in [-0.05, 0) is 38.3 Å². The molecule has 2 heterocycles. The molecule has 3 rings (SSSR count). The van der Waals surface area contributed by atoms with Gasteiger partial charge in [-0.2, -0.15) is 5.10 Å². The summed E-state index contributed by atoms with van der Waals surface area (Å²) < 4.78 is 7.08. The highest BCUT2D eigenvalue weighted by Crippen LogP contribution is 2.29. The maximum Gasteiger partial charge on any atom is 0.242 e. The average molecular weight is 320 g/mol. The van der Waals surface area contributed by atoms with E-state index < -0.39 is 0 Å². The molecular formula is C17H28N4O2. The Morgan fingerprint density at radius 1 is 1.48 bits per heavy atom. The van der Waals surface area contributed by atoms with E-state index in [9.17, 15) is 4.79 Å². The number of hydrogen-bond acceptors (Lipinski definition) is 4. The summed E-state index contributed by atoms with van der Waals surface area (Å²) in [6, 6.07) is 2.05. The van der Waals surface area contributed by atoms with E-state index >= 15 is 0 Å². The number of ether oxygens (including phenoxy) is 1. The number of piperidine rings is 1. The van der Waals surface area contributed by atoms with Gasteiger partial charge in [0.25, 0.3) is 0 Å². The van der Waals surface area contributed by atoms with E-state index in [4.69, 9.17) is 4.74 Å². The first-order chi connectivity index (χ1) is 11.2. The first-order valence-corrected chi connectivity index (χ1v) is 8.75. The van der Waals surface area contributed by atoms with Crippen molar-refractivity contribution in [3.05, 3.63) is 18.0 Å². The molecule has 1 aromatic rings. The molecule has 128 valence electrons. The minimum absolute atomic E-state index is 0.0281. The van der Waals surface area contributed by atoms with Crippen LogP contribution in [-0.2, 0) is 16.1 Å². The van der Waals surface area contributed by atoms with Crippen LogP contribution in [0.3, 0.4) is 0 Å². The molecule has 1 atom stereocenters. The lowest BCUT2D eigenvalue weighted by molar-refractivity contribution is -0.124. The van der Waals surface area contributed by atoms with E-state index in [1.54, 1.807) is 11.8 Å². The lowest BCUT2D eigenvalue weighted by atomic mass is 9.97. The molecule has 1 saturated carbocycles. The second kappa shape index (κ2) is 7.45. The van der Waals surface area contributed by atoms with Gasteiger partial charge < -0.3 is 15.4 Å². The van der Waals surface area contributed by atoms with Crippen LogP contribution in [0.15, 0.2) is 12.3 Å². The summed E-state index contributed by atoms with van der Waals surface area (Å²) in [6.45, 7) is 2.96. The molecule has 0 bridgehead atoms. The average Bonchev–Trinajstić information content (AvgIpc) is 3.18. The smallest absolute Gasteiger partial charge is 0.242 e. The maximum atomic E-state index is 12.4. The second-order valence-corrected chi connectivity index (χ2v) is 6.95. The number of methoxy groups -OCH3 is 1. The minimum atomic E-state index is -0.172. The van der Waals surface area contributed by atoms with Gasteiger partial charge in [0.2, 0.25) is 5.91 Å². The topological polar surface area (TPSA) is 68.2 Å². The van der Waals surface area contributed by atoms with Gasteiger partial charge in [-0.25, -0.2) is 0 Å². The quantitative estimate of drug-likeness (QED) is 0.832. The van der Waals surface area contributed by atoms with Crippen LogP contribution in [0.5, 0.6) is 0 Å². The molecule has 6 nitrogen and oxygen atoms in total. The zero-order valence-corrected chi connectivity index (χ0v) is 14.0. The minimum Gasteiger partial charge on any atom is -0.382 e. The van der Waals surface area contributed by atoms with Gasteiger partial charge in [0, 0.05) is 25.8 Å². The summed E-state index contributed by atoms with van der Waals surface area (Å²) in [7, 11) is 1.70. The predicted octanol–water partition coefficient (Wildman–Crippen LogP) is 1.43. The Bertz CT molecular complexity index is 516.